The maximum absolute atomic E-state index is 13.8. The highest BCUT2D eigenvalue weighted by atomic mass is 35.5. The first-order valence-electron chi connectivity index (χ1n) is 12.3. The number of halogens is 2. The second kappa shape index (κ2) is 10.0. The number of hydrogen-bond donors (Lipinski definition) is 1. The topological polar surface area (TPSA) is 62.6 Å². The zero-order chi connectivity index (χ0) is 25.4. The molecule has 1 saturated heterocycles. The maximum atomic E-state index is 13.8. The van der Waals surface area contributed by atoms with E-state index in [0.29, 0.717) is 50.4 Å². The number of ketones is 1. The van der Waals surface area contributed by atoms with E-state index in [9.17, 15) is 14.0 Å². The lowest BCUT2D eigenvalue weighted by Crippen LogP contribution is -2.23. The van der Waals surface area contributed by atoms with Crippen LogP contribution in [0.15, 0.2) is 52.9 Å². The summed E-state index contributed by atoms with van der Waals surface area (Å²) in [7, 11) is 2.13. The van der Waals surface area contributed by atoms with E-state index >= 15 is 0 Å². The Morgan fingerprint density at radius 1 is 1.14 bits per heavy atom. The standard InChI is InChI=1S/C29H28ClFN2O3/c1-17(18-4-3-12-33(2)13-11-18)28(34)19-5-8-25(30)24(14-19)27-10-7-21(36-27)16-23-22-15-20(31)6-9-26(22)32-29(23)35/h5-10,14-18H,3-4,11-13H2,1-2H3,(H,32,35). The van der Waals surface area contributed by atoms with Gasteiger partial charge in [0, 0.05) is 28.3 Å². The van der Waals surface area contributed by atoms with Crippen molar-refractivity contribution in [3.8, 4) is 11.3 Å². The highest BCUT2D eigenvalue weighted by molar-refractivity contribution is 6.35. The number of carbonyl (C=O) groups excluding carboxylic acids is 2. The van der Waals surface area contributed by atoms with Gasteiger partial charge in [-0.2, -0.15) is 0 Å². The van der Waals surface area contributed by atoms with E-state index in [2.05, 4.69) is 17.3 Å². The average Bonchev–Trinajstić information content (AvgIpc) is 3.37. The molecule has 186 valence electrons. The van der Waals surface area contributed by atoms with Crippen LogP contribution in [-0.4, -0.2) is 36.7 Å². The molecule has 2 aromatic carbocycles. The van der Waals surface area contributed by atoms with Crippen molar-refractivity contribution in [3.63, 3.8) is 0 Å². The van der Waals surface area contributed by atoms with Gasteiger partial charge < -0.3 is 14.6 Å². The van der Waals surface area contributed by atoms with Crippen molar-refractivity contribution in [1.29, 1.82) is 0 Å². The minimum absolute atomic E-state index is 0.0798. The number of amides is 1. The number of furan rings is 1. The van der Waals surface area contributed by atoms with Gasteiger partial charge in [0.05, 0.1) is 10.6 Å². The molecule has 2 aliphatic rings. The molecule has 2 aliphatic heterocycles. The second-order valence-corrected chi connectivity index (χ2v) is 10.2. The summed E-state index contributed by atoms with van der Waals surface area (Å²) < 4.78 is 19.7. The summed E-state index contributed by atoms with van der Waals surface area (Å²) in [5.41, 5.74) is 2.59. The predicted octanol–water partition coefficient (Wildman–Crippen LogP) is 6.78. The fourth-order valence-electron chi connectivity index (χ4n) is 5.13. The van der Waals surface area contributed by atoms with Crippen LogP contribution in [0.1, 0.15) is 47.9 Å². The summed E-state index contributed by atoms with van der Waals surface area (Å²) >= 11 is 6.49. The fraction of sp³-hybridized carbons (Fsp3) is 0.310. The van der Waals surface area contributed by atoms with Crippen LogP contribution in [0.3, 0.4) is 0 Å². The predicted molar refractivity (Wildman–Crippen MR) is 140 cm³/mol. The molecule has 0 saturated carbocycles. The number of rotatable bonds is 5. The van der Waals surface area contributed by atoms with Gasteiger partial charge in [0.15, 0.2) is 5.78 Å². The quantitative estimate of drug-likeness (QED) is 0.306. The first kappa shape index (κ1) is 24.5. The molecule has 36 heavy (non-hydrogen) atoms. The van der Waals surface area contributed by atoms with Crippen LogP contribution in [-0.2, 0) is 4.79 Å². The molecule has 0 spiro atoms. The average molecular weight is 507 g/mol. The van der Waals surface area contributed by atoms with Crippen molar-refractivity contribution in [2.75, 3.05) is 25.5 Å². The Hall–Kier alpha value is -3.22. The molecule has 2 unspecified atom stereocenters. The lowest BCUT2D eigenvalue weighted by atomic mass is 9.82. The SMILES string of the molecule is CC(C(=O)c1ccc(Cl)c(-c2ccc(C=C3C(=O)Nc4ccc(F)cc43)o2)c1)C1CCCN(C)CC1. The van der Waals surface area contributed by atoms with Gasteiger partial charge in [0.2, 0.25) is 0 Å². The fourth-order valence-corrected chi connectivity index (χ4v) is 5.34. The Morgan fingerprint density at radius 3 is 2.81 bits per heavy atom. The molecule has 0 bridgehead atoms. The number of fused-ring (bicyclic) bond motifs is 1. The summed E-state index contributed by atoms with van der Waals surface area (Å²) in [6.45, 7) is 4.10. The summed E-state index contributed by atoms with van der Waals surface area (Å²) in [6.07, 6.45) is 4.75. The van der Waals surface area contributed by atoms with E-state index in [4.69, 9.17) is 16.0 Å². The molecular weight excluding hydrogens is 479 g/mol. The third-order valence-corrected chi connectivity index (χ3v) is 7.64. The van der Waals surface area contributed by atoms with Gasteiger partial charge in [-0.25, -0.2) is 4.39 Å². The third-order valence-electron chi connectivity index (χ3n) is 7.31. The Morgan fingerprint density at radius 2 is 1.97 bits per heavy atom. The van der Waals surface area contributed by atoms with E-state index in [0.717, 1.165) is 32.4 Å². The monoisotopic (exact) mass is 506 g/mol. The van der Waals surface area contributed by atoms with Gasteiger partial charge in [-0.3, -0.25) is 9.59 Å². The van der Waals surface area contributed by atoms with Crippen LogP contribution in [0.2, 0.25) is 5.02 Å². The zero-order valence-electron chi connectivity index (χ0n) is 20.3. The molecule has 3 heterocycles. The van der Waals surface area contributed by atoms with E-state index in [-0.39, 0.29) is 17.6 Å². The summed E-state index contributed by atoms with van der Waals surface area (Å²) in [6, 6.07) is 12.9. The van der Waals surface area contributed by atoms with Gasteiger partial charge in [0.1, 0.15) is 17.3 Å². The molecule has 5 nitrogen and oxygen atoms in total. The van der Waals surface area contributed by atoms with Gasteiger partial charge in [-0.05, 0) is 99.9 Å². The van der Waals surface area contributed by atoms with Crippen molar-refractivity contribution in [2.24, 2.45) is 11.8 Å². The minimum atomic E-state index is -0.422. The number of anilines is 1. The van der Waals surface area contributed by atoms with Crippen LogP contribution in [0.4, 0.5) is 10.1 Å². The first-order valence-corrected chi connectivity index (χ1v) is 12.6. The normalized spacial score (nSPS) is 20.2. The number of likely N-dealkylation sites (tertiary alicyclic amines) is 1. The van der Waals surface area contributed by atoms with Gasteiger partial charge in [0.25, 0.3) is 5.91 Å². The Balaban J connectivity index is 1.40. The van der Waals surface area contributed by atoms with Crippen LogP contribution in [0, 0.1) is 17.7 Å². The van der Waals surface area contributed by atoms with E-state index in [1.54, 1.807) is 36.4 Å². The highest BCUT2D eigenvalue weighted by Gasteiger charge is 2.28. The van der Waals surface area contributed by atoms with E-state index < -0.39 is 5.82 Å². The zero-order valence-corrected chi connectivity index (χ0v) is 21.1. The van der Waals surface area contributed by atoms with Crippen LogP contribution in [0.5, 0.6) is 0 Å². The minimum Gasteiger partial charge on any atom is -0.457 e. The number of benzene rings is 2. The van der Waals surface area contributed by atoms with Crippen LogP contribution in [0.25, 0.3) is 23.0 Å². The highest BCUT2D eigenvalue weighted by Crippen LogP contribution is 2.36. The Labute approximate surface area is 214 Å². The molecule has 1 fully saturated rings. The van der Waals surface area contributed by atoms with Crippen molar-refractivity contribution in [2.45, 2.75) is 26.2 Å². The molecule has 1 aromatic heterocycles. The molecule has 3 aromatic rings. The van der Waals surface area contributed by atoms with Crippen molar-refractivity contribution in [1.82, 2.24) is 4.90 Å². The number of nitrogens with zero attached hydrogens (tertiary/aromatic N) is 1. The molecule has 0 aliphatic carbocycles. The van der Waals surface area contributed by atoms with Crippen molar-refractivity contribution < 1.29 is 18.4 Å². The Bertz CT molecular complexity index is 1360. The van der Waals surface area contributed by atoms with Crippen LogP contribution >= 0.6 is 11.6 Å². The first-order chi connectivity index (χ1) is 17.3. The number of hydrogen-bond acceptors (Lipinski definition) is 4. The molecule has 2 atom stereocenters. The largest absolute Gasteiger partial charge is 0.457 e. The van der Waals surface area contributed by atoms with Crippen molar-refractivity contribution in [3.05, 3.63) is 76.3 Å². The lowest BCUT2D eigenvalue weighted by molar-refractivity contribution is -0.110. The summed E-state index contributed by atoms with van der Waals surface area (Å²) in [5.74, 6) is 0.557. The van der Waals surface area contributed by atoms with E-state index in [1.165, 1.54) is 18.2 Å². The Kier molecular flexibility index (Phi) is 6.82. The summed E-state index contributed by atoms with van der Waals surface area (Å²) in [4.78, 5) is 28.1. The maximum Gasteiger partial charge on any atom is 0.256 e. The number of nitrogens with one attached hydrogen (secondary N) is 1. The van der Waals surface area contributed by atoms with Gasteiger partial charge in [-0.1, -0.05) is 18.5 Å². The number of Topliss-reactive ketones (excluding diaryl/α,β-unsaturated/α-hetero) is 1. The smallest absolute Gasteiger partial charge is 0.256 e. The van der Waals surface area contributed by atoms with Gasteiger partial charge >= 0.3 is 0 Å². The molecule has 1 N–H and O–H groups in total. The third kappa shape index (κ3) is 4.88. The lowest BCUT2D eigenvalue weighted by Gasteiger charge is -2.21. The van der Waals surface area contributed by atoms with Crippen LogP contribution < -0.4 is 5.32 Å². The molecule has 5 rings (SSSR count). The molecule has 1 amide bonds. The molecule has 0 radical (unpaired) electrons. The molecule has 7 heteroatoms. The van der Waals surface area contributed by atoms with Crippen molar-refractivity contribution >= 4 is 40.6 Å². The second-order valence-electron chi connectivity index (χ2n) is 9.75. The number of carbonyl (C=O) groups is 2. The van der Waals surface area contributed by atoms with E-state index in [1.807, 2.05) is 6.92 Å². The van der Waals surface area contributed by atoms with Gasteiger partial charge in [-0.15, -0.1) is 0 Å². The summed E-state index contributed by atoms with van der Waals surface area (Å²) in [5, 5.41) is 3.20. The molecular formula is C29H28ClFN2O3.